The van der Waals surface area contributed by atoms with Crippen molar-refractivity contribution in [3.05, 3.63) is 0 Å². The molecule has 1 heterocycles. The first-order chi connectivity index (χ1) is 5.38. The monoisotopic (exact) mass is 153 g/mol. The largest absolute Gasteiger partial charge is 0.303 e. The molecule has 1 saturated heterocycles. The van der Waals surface area contributed by atoms with Crippen LogP contribution in [-0.2, 0) is 0 Å². The van der Waals surface area contributed by atoms with Gasteiger partial charge in [-0.3, -0.25) is 0 Å². The molecule has 11 heavy (non-hydrogen) atoms. The summed E-state index contributed by atoms with van der Waals surface area (Å²) in [4.78, 5) is 2.67. The van der Waals surface area contributed by atoms with Crippen molar-refractivity contribution in [2.24, 2.45) is 11.8 Å². The van der Waals surface area contributed by atoms with Crippen LogP contribution in [0.2, 0.25) is 0 Å². The third kappa shape index (κ3) is 1.96. The Morgan fingerprint density at radius 1 is 1.18 bits per heavy atom. The second-order valence-corrected chi connectivity index (χ2v) is 4.27. The summed E-state index contributed by atoms with van der Waals surface area (Å²) in [6, 6.07) is 0. The van der Waals surface area contributed by atoms with Crippen LogP contribution in [0.5, 0.6) is 0 Å². The number of rotatable bonds is 3. The fraction of sp³-hybridized carbons (Fsp3) is 1.00. The number of nitrogens with zero attached hydrogens (tertiary/aromatic N) is 1. The van der Waals surface area contributed by atoms with Crippen molar-refractivity contribution in [2.45, 2.75) is 32.6 Å². The van der Waals surface area contributed by atoms with E-state index in [1.165, 1.54) is 45.3 Å². The van der Waals surface area contributed by atoms with Gasteiger partial charge in [0.15, 0.2) is 0 Å². The summed E-state index contributed by atoms with van der Waals surface area (Å²) in [5, 5.41) is 0. The lowest BCUT2D eigenvalue weighted by Gasteiger charge is -2.14. The molecule has 1 heteroatoms. The zero-order valence-corrected chi connectivity index (χ0v) is 7.55. The molecule has 0 spiro atoms. The van der Waals surface area contributed by atoms with E-state index < -0.39 is 0 Å². The van der Waals surface area contributed by atoms with Crippen LogP contribution in [0.15, 0.2) is 0 Å². The molecule has 0 N–H and O–H groups in total. The Hall–Kier alpha value is -0.0400. The highest BCUT2D eigenvalue weighted by atomic mass is 15.1. The second kappa shape index (κ2) is 3.14. The minimum absolute atomic E-state index is 1.02. The first-order valence-electron chi connectivity index (χ1n) is 5.11. The number of hydrogen-bond donors (Lipinski definition) is 0. The third-order valence-electron chi connectivity index (χ3n) is 3.16. The molecule has 1 atom stereocenters. The third-order valence-corrected chi connectivity index (χ3v) is 3.16. The van der Waals surface area contributed by atoms with Gasteiger partial charge in [-0.25, -0.2) is 0 Å². The molecule has 1 nitrogen and oxygen atoms in total. The smallest absolute Gasteiger partial charge is 0.00101 e. The molecule has 0 radical (unpaired) electrons. The van der Waals surface area contributed by atoms with E-state index in [2.05, 4.69) is 11.8 Å². The molecule has 1 aliphatic heterocycles. The molecule has 1 aliphatic carbocycles. The van der Waals surface area contributed by atoms with Crippen LogP contribution in [0, 0.1) is 11.8 Å². The van der Waals surface area contributed by atoms with Gasteiger partial charge in [0.05, 0.1) is 0 Å². The first-order valence-corrected chi connectivity index (χ1v) is 5.11. The SMILES string of the molecule is CC[C@@H]1CCN(CC2CC2)C1. The summed E-state index contributed by atoms with van der Waals surface area (Å²) in [7, 11) is 0. The quantitative estimate of drug-likeness (QED) is 0.600. The number of hydrogen-bond acceptors (Lipinski definition) is 1. The Morgan fingerprint density at radius 2 is 2.00 bits per heavy atom. The maximum Gasteiger partial charge on any atom is 0.00101 e. The Kier molecular flexibility index (Phi) is 2.17. The van der Waals surface area contributed by atoms with Crippen LogP contribution < -0.4 is 0 Å². The summed E-state index contributed by atoms with van der Waals surface area (Å²) in [6.45, 7) is 6.52. The summed E-state index contributed by atoms with van der Waals surface area (Å²) < 4.78 is 0. The molecule has 2 rings (SSSR count). The molecule has 0 unspecified atom stereocenters. The van der Waals surface area contributed by atoms with Gasteiger partial charge in [-0.1, -0.05) is 13.3 Å². The molecule has 0 aromatic carbocycles. The molecule has 2 fully saturated rings. The van der Waals surface area contributed by atoms with Crippen LogP contribution in [0.1, 0.15) is 32.6 Å². The van der Waals surface area contributed by atoms with E-state index in [9.17, 15) is 0 Å². The van der Waals surface area contributed by atoms with Crippen molar-refractivity contribution >= 4 is 0 Å². The fourth-order valence-corrected chi connectivity index (χ4v) is 2.08. The summed E-state index contributed by atoms with van der Waals surface area (Å²) in [5.41, 5.74) is 0. The zero-order valence-electron chi connectivity index (χ0n) is 7.55. The van der Waals surface area contributed by atoms with Gasteiger partial charge in [-0.15, -0.1) is 0 Å². The Balaban J connectivity index is 1.70. The van der Waals surface area contributed by atoms with E-state index in [1.54, 1.807) is 0 Å². The Morgan fingerprint density at radius 3 is 2.55 bits per heavy atom. The lowest BCUT2D eigenvalue weighted by Crippen LogP contribution is -2.22. The molecule has 0 aromatic rings. The van der Waals surface area contributed by atoms with Gasteiger partial charge in [0, 0.05) is 13.1 Å². The van der Waals surface area contributed by atoms with Crippen LogP contribution in [-0.4, -0.2) is 24.5 Å². The van der Waals surface area contributed by atoms with Gasteiger partial charge in [0.2, 0.25) is 0 Å². The molecule has 2 aliphatic rings. The van der Waals surface area contributed by atoms with Crippen LogP contribution in [0.3, 0.4) is 0 Å². The Bertz CT molecular complexity index is 129. The summed E-state index contributed by atoms with van der Waals surface area (Å²) >= 11 is 0. The molecule has 0 bridgehead atoms. The highest BCUT2D eigenvalue weighted by Gasteiger charge is 2.28. The molecule has 0 amide bonds. The summed E-state index contributed by atoms with van der Waals surface area (Å²) in [6.07, 6.45) is 5.87. The van der Waals surface area contributed by atoms with Gasteiger partial charge in [0.25, 0.3) is 0 Å². The van der Waals surface area contributed by atoms with Crippen molar-refractivity contribution in [1.29, 1.82) is 0 Å². The predicted octanol–water partition coefficient (Wildman–Crippen LogP) is 2.13. The second-order valence-electron chi connectivity index (χ2n) is 4.27. The lowest BCUT2D eigenvalue weighted by molar-refractivity contribution is 0.310. The predicted molar refractivity (Wildman–Crippen MR) is 47.6 cm³/mol. The first kappa shape index (κ1) is 7.60. The van der Waals surface area contributed by atoms with Crippen LogP contribution in [0.4, 0.5) is 0 Å². The maximum atomic E-state index is 2.67. The van der Waals surface area contributed by atoms with Gasteiger partial charge >= 0.3 is 0 Å². The van der Waals surface area contributed by atoms with Crippen LogP contribution in [0.25, 0.3) is 0 Å². The minimum atomic E-state index is 1.02. The molecular formula is C10H19N. The van der Waals surface area contributed by atoms with Crippen molar-refractivity contribution < 1.29 is 0 Å². The minimum Gasteiger partial charge on any atom is -0.303 e. The zero-order chi connectivity index (χ0) is 7.68. The van der Waals surface area contributed by atoms with Crippen LogP contribution >= 0.6 is 0 Å². The van der Waals surface area contributed by atoms with Gasteiger partial charge in [-0.2, -0.15) is 0 Å². The fourth-order valence-electron chi connectivity index (χ4n) is 2.08. The average molecular weight is 153 g/mol. The Labute approximate surface area is 69.8 Å². The number of likely N-dealkylation sites (tertiary alicyclic amines) is 1. The maximum absolute atomic E-state index is 2.67. The van der Waals surface area contributed by atoms with E-state index in [0.717, 1.165) is 11.8 Å². The van der Waals surface area contributed by atoms with E-state index >= 15 is 0 Å². The summed E-state index contributed by atoms with van der Waals surface area (Å²) in [5.74, 6) is 2.11. The van der Waals surface area contributed by atoms with E-state index in [-0.39, 0.29) is 0 Å². The van der Waals surface area contributed by atoms with E-state index in [4.69, 9.17) is 0 Å². The average Bonchev–Trinajstić information content (AvgIpc) is 2.68. The molecule has 64 valence electrons. The van der Waals surface area contributed by atoms with Crippen molar-refractivity contribution in [2.75, 3.05) is 19.6 Å². The van der Waals surface area contributed by atoms with Gasteiger partial charge in [-0.05, 0) is 37.6 Å². The van der Waals surface area contributed by atoms with Crippen molar-refractivity contribution in [3.8, 4) is 0 Å². The lowest BCUT2D eigenvalue weighted by atomic mass is 10.1. The molecule has 1 saturated carbocycles. The topological polar surface area (TPSA) is 3.24 Å². The van der Waals surface area contributed by atoms with Crippen molar-refractivity contribution in [1.82, 2.24) is 4.90 Å². The standard InChI is InChI=1S/C10H19N/c1-2-9-5-6-11(7-9)8-10-3-4-10/h9-10H,2-8H2,1H3/t9-/m1/s1. The van der Waals surface area contributed by atoms with E-state index in [0.29, 0.717) is 0 Å². The molecule has 0 aromatic heterocycles. The van der Waals surface area contributed by atoms with Gasteiger partial charge < -0.3 is 4.90 Å². The van der Waals surface area contributed by atoms with Crippen molar-refractivity contribution in [3.63, 3.8) is 0 Å². The highest BCUT2D eigenvalue weighted by molar-refractivity contribution is 4.81. The highest BCUT2D eigenvalue weighted by Crippen LogP contribution is 2.31. The normalized spacial score (nSPS) is 33.0. The van der Waals surface area contributed by atoms with E-state index in [1.807, 2.05) is 0 Å². The van der Waals surface area contributed by atoms with Gasteiger partial charge in [0.1, 0.15) is 0 Å². The molecular weight excluding hydrogens is 134 g/mol.